The number of alkyl halides is 3. The fourth-order valence-corrected chi connectivity index (χ4v) is 4.56. The summed E-state index contributed by atoms with van der Waals surface area (Å²) >= 11 is 0. The Morgan fingerprint density at radius 1 is 1.08 bits per heavy atom. The number of pyridine rings is 1. The van der Waals surface area contributed by atoms with E-state index >= 15 is 0 Å². The largest absolute Gasteiger partial charge is 0.471 e. The first-order valence-electron chi connectivity index (χ1n) is 11.9. The molecule has 1 saturated heterocycles. The summed E-state index contributed by atoms with van der Waals surface area (Å²) in [5, 5.41) is 0. The lowest BCUT2D eigenvalue weighted by molar-refractivity contribution is -0.170. The van der Waals surface area contributed by atoms with E-state index in [2.05, 4.69) is 4.98 Å². The Bertz CT molecular complexity index is 1350. The zero-order chi connectivity index (χ0) is 26.9. The van der Waals surface area contributed by atoms with E-state index < -0.39 is 24.5 Å². The van der Waals surface area contributed by atoms with Crippen molar-refractivity contribution in [3.05, 3.63) is 54.4 Å². The van der Waals surface area contributed by atoms with Crippen LogP contribution in [-0.2, 0) is 20.7 Å². The minimum Gasteiger partial charge on any atom is -0.378 e. The maximum Gasteiger partial charge on any atom is 0.471 e. The monoisotopic (exact) mass is 527 g/mol. The predicted molar refractivity (Wildman–Crippen MR) is 133 cm³/mol. The zero-order valence-electron chi connectivity index (χ0n) is 20.2. The molecular weight excluding hydrogens is 503 g/mol. The number of fused-ring (bicyclic) bond motifs is 1. The molecule has 0 aliphatic carbocycles. The Morgan fingerprint density at radius 3 is 2.55 bits per heavy atom. The van der Waals surface area contributed by atoms with E-state index in [9.17, 15) is 22.8 Å². The molecule has 1 aromatic carbocycles. The van der Waals surface area contributed by atoms with Crippen molar-refractivity contribution in [1.82, 2.24) is 15.0 Å². The Kier molecular flexibility index (Phi) is 6.85. The summed E-state index contributed by atoms with van der Waals surface area (Å²) in [7, 11) is 0. The molecule has 0 bridgehead atoms. The molecule has 2 aromatic heterocycles. The minimum atomic E-state index is -5.19. The lowest BCUT2D eigenvalue weighted by Crippen LogP contribution is -2.45. The van der Waals surface area contributed by atoms with E-state index in [1.807, 2.05) is 21.9 Å². The van der Waals surface area contributed by atoms with Crippen molar-refractivity contribution in [2.45, 2.75) is 12.6 Å². The van der Waals surface area contributed by atoms with Crippen LogP contribution in [0.25, 0.3) is 11.3 Å². The quantitative estimate of drug-likeness (QED) is 0.520. The molecular formula is C25H24F3N7O3. The van der Waals surface area contributed by atoms with Crippen LogP contribution in [-0.4, -0.2) is 72.3 Å². The normalized spacial score (nSPS) is 15.3. The van der Waals surface area contributed by atoms with Gasteiger partial charge in [-0.1, -0.05) is 12.1 Å². The van der Waals surface area contributed by atoms with Crippen LogP contribution in [0.15, 0.2) is 48.8 Å². The lowest BCUT2D eigenvalue weighted by atomic mass is 10.0. The third kappa shape index (κ3) is 5.09. The summed E-state index contributed by atoms with van der Waals surface area (Å²) in [5.41, 5.74) is 7.71. The number of carbonyl (C=O) groups excluding carboxylic acids is 2. The number of nitrogens with zero attached hydrogens (tertiary/aromatic N) is 6. The highest BCUT2D eigenvalue weighted by molar-refractivity contribution is 6.01. The van der Waals surface area contributed by atoms with Gasteiger partial charge in [-0.25, -0.2) is 4.98 Å². The molecule has 10 nitrogen and oxygen atoms in total. The molecule has 3 aromatic rings. The van der Waals surface area contributed by atoms with E-state index in [-0.39, 0.29) is 5.69 Å². The van der Waals surface area contributed by atoms with Gasteiger partial charge in [0.05, 0.1) is 30.8 Å². The van der Waals surface area contributed by atoms with Gasteiger partial charge in [-0.2, -0.15) is 18.2 Å². The molecule has 0 spiro atoms. The fourth-order valence-electron chi connectivity index (χ4n) is 4.56. The van der Waals surface area contributed by atoms with E-state index in [1.165, 1.54) is 18.2 Å². The Morgan fingerprint density at radius 2 is 1.87 bits per heavy atom. The summed E-state index contributed by atoms with van der Waals surface area (Å²) in [5.74, 6) is -2.12. The lowest BCUT2D eigenvalue weighted by Gasteiger charge is -2.28. The summed E-state index contributed by atoms with van der Waals surface area (Å²) in [6.07, 6.45) is -1.19. The highest BCUT2D eigenvalue weighted by Crippen LogP contribution is 2.40. The second kappa shape index (κ2) is 10.2. The number of aromatic nitrogens is 3. The molecule has 38 heavy (non-hydrogen) atoms. The van der Waals surface area contributed by atoms with Crippen molar-refractivity contribution < 1.29 is 27.5 Å². The Labute approximate surface area is 215 Å². The predicted octanol–water partition coefficient (Wildman–Crippen LogP) is 2.45. The van der Waals surface area contributed by atoms with Gasteiger partial charge >= 0.3 is 12.1 Å². The third-order valence-corrected chi connectivity index (χ3v) is 6.30. The highest BCUT2D eigenvalue weighted by atomic mass is 19.4. The molecule has 0 unspecified atom stereocenters. The van der Waals surface area contributed by atoms with Crippen molar-refractivity contribution >= 4 is 35.0 Å². The van der Waals surface area contributed by atoms with Gasteiger partial charge in [-0.15, -0.1) is 0 Å². The summed E-state index contributed by atoms with van der Waals surface area (Å²) in [6.45, 7) is 1.88. The smallest absolute Gasteiger partial charge is 0.378 e. The second-order valence-corrected chi connectivity index (χ2v) is 8.79. The molecule has 0 atom stereocenters. The number of carbonyl (C=O) groups is 2. The van der Waals surface area contributed by atoms with Crippen LogP contribution in [0.1, 0.15) is 5.56 Å². The zero-order valence-corrected chi connectivity index (χ0v) is 20.2. The molecule has 0 saturated carbocycles. The number of hydrogen-bond acceptors (Lipinski definition) is 8. The highest BCUT2D eigenvalue weighted by Gasteiger charge is 2.43. The van der Waals surface area contributed by atoms with E-state index in [0.717, 1.165) is 11.3 Å². The van der Waals surface area contributed by atoms with Crippen molar-refractivity contribution in [3.63, 3.8) is 0 Å². The maximum atomic E-state index is 13.3. The number of primary amides is 1. The van der Waals surface area contributed by atoms with Crippen molar-refractivity contribution in [3.8, 4) is 11.3 Å². The van der Waals surface area contributed by atoms with Crippen molar-refractivity contribution in [2.75, 3.05) is 54.1 Å². The van der Waals surface area contributed by atoms with Gasteiger partial charge in [0, 0.05) is 42.6 Å². The molecule has 0 radical (unpaired) electrons. The number of halogens is 3. The number of amides is 2. The van der Waals surface area contributed by atoms with Crippen LogP contribution in [0.3, 0.4) is 0 Å². The molecule has 2 amide bonds. The molecule has 2 aliphatic heterocycles. The van der Waals surface area contributed by atoms with Gasteiger partial charge in [0.15, 0.2) is 0 Å². The van der Waals surface area contributed by atoms with Gasteiger partial charge < -0.3 is 20.3 Å². The topological polar surface area (TPSA) is 118 Å². The summed E-state index contributed by atoms with van der Waals surface area (Å²) < 4.78 is 45.4. The Balaban J connectivity index is 1.62. The summed E-state index contributed by atoms with van der Waals surface area (Å²) in [4.78, 5) is 41.9. The van der Waals surface area contributed by atoms with Gasteiger partial charge in [-0.05, 0) is 30.7 Å². The van der Waals surface area contributed by atoms with E-state index in [0.29, 0.717) is 67.2 Å². The van der Waals surface area contributed by atoms with Gasteiger partial charge in [0.25, 0.3) is 0 Å². The molecule has 13 heteroatoms. The number of anilines is 4. The van der Waals surface area contributed by atoms with Crippen molar-refractivity contribution in [1.29, 1.82) is 0 Å². The van der Waals surface area contributed by atoms with Crippen LogP contribution in [0.4, 0.5) is 36.3 Å². The van der Waals surface area contributed by atoms with Gasteiger partial charge in [0.1, 0.15) is 12.4 Å². The van der Waals surface area contributed by atoms with Crippen LogP contribution in [0, 0.1) is 0 Å². The van der Waals surface area contributed by atoms with Crippen LogP contribution < -0.4 is 20.4 Å². The molecule has 2 N–H and O–H groups in total. The molecule has 198 valence electrons. The Hall–Kier alpha value is -4.26. The number of nitrogens with two attached hydrogens (primary N) is 1. The second-order valence-electron chi connectivity index (χ2n) is 8.79. The molecule has 5 rings (SSSR count). The summed E-state index contributed by atoms with van der Waals surface area (Å²) in [6, 6.07) is 9.69. The minimum absolute atomic E-state index is 0.119. The molecule has 1 fully saturated rings. The number of ether oxygens (including phenoxy) is 1. The third-order valence-electron chi connectivity index (χ3n) is 6.30. The number of hydrogen-bond donors (Lipinski definition) is 1. The SMILES string of the molecule is NC(=O)CN(C(=O)C(F)(F)F)c1cccc(-c2nc(N3CCOCC3)nc3c2CCN3c2cccnc2)c1. The first-order chi connectivity index (χ1) is 18.2. The van der Waals surface area contributed by atoms with Crippen molar-refractivity contribution in [2.24, 2.45) is 5.73 Å². The van der Waals surface area contributed by atoms with Crippen LogP contribution in [0.2, 0.25) is 0 Å². The number of benzene rings is 1. The van der Waals surface area contributed by atoms with E-state index in [1.54, 1.807) is 18.5 Å². The number of morpholine rings is 1. The van der Waals surface area contributed by atoms with Gasteiger partial charge in [0.2, 0.25) is 11.9 Å². The maximum absolute atomic E-state index is 13.3. The van der Waals surface area contributed by atoms with E-state index in [4.69, 9.17) is 20.4 Å². The van der Waals surface area contributed by atoms with Crippen LogP contribution in [0.5, 0.6) is 0 Å². The first kappa shape index (κ1) is 25.4. The average molecular weight is 528 g/mol. The van der Waals surface area contributed by atoms with Crippen LogP contribution >= 0.6 is 0 Å². The fraction of sp³-hybridized carbons (Fsp3) is 0.320. The van der Waals surface area contributed by atoms with Gasteiger partial charge in [-0.3, -0.25) is 19.5 Å². The standard InChI is InChI=1S/C25H24F3N7O3/c26-25(27,28)23(37)35(15-20(29)36)17-4-1-3-16(13-17)21-19-6-8-34(18-5-2-7-30-14-18)22(19)32-24(31-21)33-9-11-38-12-10-33/h1-5,7,13-14H,6,8-12,15H2,(H2,29,36). The molecule has 2 aliphatic rings. The number of rotatable bonds is 6. The molecule has 4 heterocycles. The first-order valence-corrected chi connectivity index (χ1v) is 11.9. The average Bonchev–Trinajstić information content (AvgIpc) is 3.35.